The van der Waals surface area contributed by atoms with Crippen molar-refractivity contribution < 1.29 is 4.92 Å². The van der Waals surface area contributed by atoms with Crippen molar-refractivity contribution in [3.63, 3.8) is 0 Å². The van der Waals surface area contributed by atoms with E-state index in [1.807, 2.05) is 0 Å². The maximum Gasteiger partial charge on any atom is 0.275 e. The van der Waals surface area contributed by atoms with Gasteiger partial charge in [0.15, 0.2) is 0 Å². The fourth-order valence-corrected chi connectivity index (χ4v) is 3.01. The van der Waals surface area contributed by atoms with Crippen LogP contribution in [-0.2, 0) is 6.54 Å². The van der Waals surface area contributed by atoms with E-state index in [-0.39, 0.29) is 23.0 Å². The predicted octanol–water partition coefficient (Wildman–Crippen LogP) is 3.23. The first-order valence-electron chi connectivity index (χ1n) is 6.95. The Morgan fingerprint density at radius 1 is 1.48 bits per heavy atom. The third kappa shape index (κ3) is 5.11. The fraction of sp³-hybridized carbons (Fsp3) is 0.571. The second-order valence-electron chi connectivity index (χ2n) is 5.35. The Hall–Kier alpha value is -0.880. The Kier molecular flexibility index (Phi) is 7.39. The van der Waals surface area contributed by atoms with Gasteiger partial charge in [-0.15, -0.1) is 12.4 Å². The zero-order chi connectivity index (χ0) is 14.5. The van der Waals surface area contributed by atoms with Crippen molar-refractivity contribution in [1.82, 2.24) is 4.90 Å². The lowest BCUT2D eigenvalue weighted by Gasteiger charge is -2.32. The summed E-state index contributed by atoms with van der Waals surface area (Å²) in [6.07, 6.45) is 3.36. The van der Waals surface area contributed by atoms with E-state index in [0.29, 0.717) is 24.0 Å². The number of likely N-dealkylation sites (tertiary alicyclic amines) is 1. The normalized spacial score (nSPS) is 19.0. The maximum atomic E-state index is 11.1. The summed E-state index contributed by atoms with van der Waals surface area (Å²) in [7, 11) is 0. The van der Waals surface area contributed by atoms with Crippen LogP contribution in [0.25, 0.3) is 0 Å². The predicted molar refractivity (Wildman–Crippen MR) is 87.0 cm³/mol. The molecule has 1 fully saturated rings. The van der Waals surface area contributed by atoms with Crippen molar-refractivity contribution in [3.8, 4) is 0 Å². The molecule has 1 unspecified atom stereocenters. The molecule has 1 atom stereocenters. The second kappa shape index (κ2) is 8.54. The van der Waals surface area contributed by atoms with E-state index in [9.17, 15) is 10.1 Å². The van der Waals surface area contributed by atoms with Crippen LogP contribution in [0.5, 0.6) is 0 Å². The van der Waals surface area contributed by atoms with Gasteiger partial charge in [-0.25, -0.2) is 0 Å². The largest absolute Gasteiger partial charge is 0.330 e. The first-order chi connectivity index (χ1) is 9.60. The summed E-state index contributed by atoms with van der Waals surface area (Å²) < 4.78 is 0. The lowest BCUT2D eigenvalue weighted by Crippen LogP contribution is -2.35. The Bertz CT molecular complexity index is 483. The molecule has 1 aliphatic rings. The van der Waals surface area contributed by atoms with Gasteiger partial charge in [0.05, 0.1) is 4.92 Å². The molecule has 1 heterocycles. The lowest BCUT2D eigenvalue weighted by molar-refractivity contribution is -0.385. The number of piperidine rings is 1. The number of rotatable bonds is 5. The molecule has 1 aliphatic heterocycles. The van der Waals surface area contributed by atoms with Crippen LogP contribution < -0.4 is 5.73 Å². The summed E-state index contributed by atoms with van der Waals surface area (Å²) in [5.74, 6) is 0.611. The number of benzene rings is 1. The Morgan fingerprint density at radius 2 is 2.24 bits per heavy atom. The number of hydrogen-bond donors (Lipinski definition) is 1. The molecule has 21 heavy (non-hydrogen) atoms. The Balaban J connectivity index is 0.00000220. The fourth-order valence-electron chi connectivity index (χ4n) is 2.85. The lowest BCUT2D eigenvalue weighted by atomic mass is 9.94. The topological polar surface area (TPSA) is 72.4 Å². The van der Waals surface area contributed by atoms with Crippen molar-refractivity contribution in [1.29, 1.82) is 0 Å². The standard InChI is InChI=1S/C14H20ClN3O2.ClH/c15-13-4-3-12(14(8-13)18(19)20)10-17-7-1-2-11(9-17)5-6-16;/h3-4,8,11H,1-2,5-7,9-10,16H2;1H. The van der Waals surface area contributed by atoms with Crippen LogP contribution in [0.2, 0.25) is 5.02 Å². The SMILES string of the molecule is Cl.NCCC1CCCN(Cc2ccc(Cl)cc2[N+](=O)[O-])C1. The highest BCUT2D eigenvalue weighted by atomic mass is 35.5. The number of nitrogens with zero attached hydrogens (tertiary/aromatic N) is 2. The molecule has 1 aromatic rings. The van der Waals surface area contributed by atoms with Gasteiger partial charge in [0.1, 0.15) is 0 Å². The molecular weight excluding hydrogens is 313 g/mol. The zero-order valence-corrected chi connectivity index (χ0v) is 13.4. The van der Waals surface area contributed by atoms with Crippen molar-refractivity contribution in [2.75, 3.05) is 19.6 Å². The van der Waals surface area contributed by atoms with E-state index in [4.69, 9.17) is 17.3 Å². The smallest absolute Gasteiger partial charge is 0.275 e. The molecular formula is C14H21Cl2N3O2. The van der Waals surface area contributed by atoms with E-state index in [1.54, 1.807) is 12.1 Å². The second-order valence-corrected chi connectivity index (χ2v) is 5.79. The molecule has 0 spiro atoms. The monoisotopic (exact) mass is 333 g/mol. The third-order valence-electron chi connectivity index (χ3n) is 3.82. The van der Waals surface area contributed by atoms with Gasteiger partial charge >= 0.3 is 0 Å². The van der Waals surface area contributed by atoms with Crippen LogP contribution in [0.3, 0.4) is 0 Å². The molecule has 0 amide bonds. The van der Waals surface area contributed by atoms with Gasteiger partial charge < -0.3 is 5.73 Å². The molecule has 1 saturated heterocycles. The molecule has 2 rings (SSSR count). The average molecular weight is 334 g/mol. The summed E-state index contributed by atoms with van der Waals surface area (Å²) in [4.78, 5) is 13.0. The van der Waals surface area contributed by atoms with Crippen LogP contribution in [0, 0.1) is 16.0 Å². The summed E-state index contributed by atoms with van der Waals surface area (Å²) >= 11 is 5.84. The van der Waals surface area contributed by atoms with Crippen LogP contribution in [0.15, 0.2) is 18.2 Å². The maximum absolute atomic E-state index is 11.1. The van der Waals surface area contributed by atoms with Crippen LogP contribution in [0.4, 0.5) is 5.69 Å². The summed E-state index contributed by atoms with van der Waals surface area (Å²) in [6.45, 7) is 3.27. The molecule has 2 N–H and O–H groups in total. The molecule has 0 radical (unpaired) electrons. The van der Waals surface area contributed by atoms with E-state index in [1.165, 1.54) is 12.5 Å². The zero-order valence-electron chi connectivity index (χ0n) is 11.8. The first kappa shape index (κ1) is 18.2. The number of nitrogens with two attached hydrogens (primary N) is 1. The van der Waals surface area contributed by atoms with Gasteiger partial charge in [0.25, 0.3) is 5.69 Å². The Morgan fingerprint density at radius 3 is 2.90 bits per heavy atom. The summed E-state index contributed by atoms with van der Waals surface area (Å²) in [6, 6.07) is 4.90. The van der Waals surface area contributed by atoms with Gasteiger partial charge in [-0.05, 0) is 50.4 Å². The molecule has 118 valence electrons. The number of nitro groups is 1. The van der Waals surface area contributed by atoms with E-state index < -0.39 is 0 Å². The first-order valence-corrected chi connectivity index (χ1v) is 7.33. The van der Waals surface area contributed by atoms with Crippen LogP contribution in [-0.4, -0.2) is 29.5 Å². The van der Waals surface area contributed by atoms with Gasteiger partial charge in [-0.1, -0.05) is 11.6 Å². The quantitative estimate of drug-likeness (QED) is 0.663. The highest BCUT2D eigenvalue weighted by Gasteiger charge is 2.22. The molecule has 0 aliphatic carbocycles. The third-order valence-corrected chi connectivity index (χ3v) is 4.05. The molecule has 0 aromatic heterocycles. The van der Waals surface area contributed by atoms with Crippen molar-refractivity contribution in [3.05, 3.63) is 38.9 Å². The Labute approximate surface area is 136 Å². The van der Waals surface area contributed by atoms with Gasteiger partial charge in [-0.2, -0.15) is 0 Å². The van der Waals surface area contributed by atoms with E-state index >= 15 is 0 Å². The number of halogens is 2. The molecule has 0 bridgehead atoms. The van der Waals surface area contributed by atoms with Gasteiger partial charge in [-0.3, -0.25) is 15.0 Å². The summed E-state index contributed by atoms with van der Waals surface area (Å²) in [5, 5.41) is 11.5. The highest BCUT2D eigenvalue weighted by molar-refractivity contribution is 6.30. The summed E-state index contributed by atoms with van der Waals surface area (Å²) in [5.41, 5.74) is 6.45. The van der Waals surface area contributed by atoms with Crippen molar-refractivity contribution in [2.24, 2.45) is 11.7 Å². The number of hydrogen-bond acceptors (Lipinski definition) is 4. The van der Waals surface area contributed by atoms with Crippen molar-refractivity contribution in [2.45, 2.75) is 25.8 Å². The van der Waals surface area contributed by atoms with Crippen LogP contribution >= 0.6 is 24.0 Å². The van der Waals surface area contributed by atoms with E-state index in [2.05, 4.69) is 4.90 Å². The number of nitro benzene ring substituents is 1. The van der Waals surface area contributed by atoms with Crippen molar-refractivity contribution >= 4 is 29.7 Å². The minimum Gasteiger partial charge on any atom is -0.330 e. The van der Waals surface area contributed by atoms with Crippen LogP contribution in [0.1, 0.15) is 24.8 Å². The molecule has 5 nitrogen and oxygen atoms in total. The highest BCUT2D eigenvalue weighted by Crippen LogP contribution is 2.27. The molecule has 0 saturated carbocycles. The molecule has 1 aromatic carbocycles. The molecule has 7 heteroatoms. The minimum absolute atomic E-state index is 0. The van der Waals surface area contributed by atoms with Gasteiger partial charge in [0, 0.05) is 29.7 Å². The van der Waals surface area contributed by atoms with Gasteiger partial charge in [0.2, 0.25) is 0 Å². The van der Waals surface area contributed by atoms with E-state index in [0.717, 1.165) is 31.5 Å². The minimum atomic E-state index is -0.359. The average Bonchev–Trinajstić information content (AvgIpc) is 2.41.